The number of alkyl halides is 2. The Hall–Kier alpha value is -1.52. The lowest BCUT2D eigenvalue weighted by Crippen LogP contribution is -2.12. The molecule has 5 heteroatoms. The van der Waals surface area contributed by atoms with Crippen LogP contribution >= 0.6 is 0 Å². The average Bonchev–Trinajstić information content (AvgIpc) is 2.15. The summed E-state index contributed by atoms with van der Waals surface area (Å²) in [6.45, 7) is -0.893. The van der Waals surface area contributed by atoms with Gasteiger partial charge in [-0.2, -0.15) is 0 Å². The van der Waals surface area contributed by atoms with Crippen molar-refractivity contribution in [1.29, 1.82) is 0 Å². The summed E-state index contributed by atoms with van der Waals surface area (Å²) in [5.74, 6) is -0.832. The van der Waals surface area contributed by atoms with Crippen LogP contribution < -0.4 is 0 Å². The number of carbonyl (C=O) groups excluding carboxylic acids is 1. The highest BCUT2D eigenvalue weighted by atomic mass is 19.3. The normalized spacial score (nSPS) is 10.1. The molecule has 70 valence electrons. The number of carbonyl (C=O) groups is 1. The number of pyridine rings is 1. The van der Waals surface area contributed by atoms with Crippen molar-refractivity contribution >= 4 is 5.97 Å². The SMILES string of the molecule is O=C(OCC(F)F)c1ccccn1. The Kier molecular flexibility index (Phi) is 3.31. The van der Waals surface area contributed by atoms with Gasteiger partial charge >= 0.3 is 5.97 Å². The largest absolute Gasteiger partial charge is 0.455 e. The number of aromatic nitrogens is 1. The maximum Gasteiger partial charge on any atom is 0.357 e. The van der Waals surface area contributed by atoms with Gasteiger partial charge in [0.15, 0.2) is 6.61 Å². The van der Waals surface area contributed by atoms with E-state index < -0.39 is 19.0 Å². The van der Waals surface area contributed by atoms with Gasteiger partial charge in [-0.25, -0.2) is 18.6 Å². The fraction of sp³-hybridized carbons (Fsp3) is 0.250. The zero-order chi connectivity index (χ0) is 9.68. The quantitative estimate of drug-likeness (QED) is 0.673. The number of esters is 1. The van der Waals surface area contributed by atoms with Crippen molar-refractivity contribution in [3.05, 3.63) is 30.1 Å². The Morgan fingerprint density at radius 1 is 1.54 bits per heavy atom. The second kappa shape index (κ2) is 4.49. The minimum atomic E-state index is -2.65. The molecule has 1 heterocycles. The van der Waals surface area contributed by atoms with Crippen LogP contribution in [0.3, 0.4) is 0 Å². The highest BCUT2D eigenvalue weighted by Crippen LogP contribution is 1.99. The van der Waals surface area contributed by atoms with Gasteiger partial charge in [0, 0.05) is 6.20 Å². The Morgan fingerprint density at radius 2 is 2.31 bits per heavy atom. The van der Waals surface area contributed by atoms with Gasteiger partial charge < -0.3 is 4.74 Å². The van der Waals surface area contributed by atoms with E-state index in [2.05, 4.69) is 9.72 Å². The lowest BCUT2D eigenvalue weighted by molar-refractivity contribution is 0.0154. The van der Waals surface area contributed by atoms with E-state index in [-0.39, 0.29) is 5.69 Å². The van der Waals surface area contributed by atoms with Gasteiger partial charge in [-0.1, -0.05) is 6.07 Å². The van der Waals surface area contributed by atoms with Crippen LogP contribution in [-0.4, -0.2) is 24.0 Å². The molecule has 0 saturated carbocycles. The molecule has 1 aromatic heterocycles. The third kappa shape index (κ3) is 3.14. The fourth-order valence-corrected chi connectivity index (χ4v) is 0.696. The summed E-state index contributed by atoms with van der Waals surface area (Å²) in [6, 6.07) is 4.59. The second-order valence-electron chi connectivity index (χ2n) is 2.20. The molecule has 0 radical (unpaired) electrons. The van der Waals surface area contributed by atoms with Crippen LogP contribution in [0, 0.1) is 0 Å². The molecule has 3 nitrogen and oxygen atoms in total. The molecule has 0 atom stereocenters. The Bertz CT molecular complexity index is 277. The molecule has 0 aliphatic rings. The molecule has 0 amide bonds. The number of nitrogens with zero attached hydrogens (tertiary/aromatic N) is 1. The third-order valence-electron chi connectivity index (χ3n) is 1.21. The molecule has 0 fully saturated rings. The summed E-state index contributed by atoms with van der Waals surface area (Å²) >= 11 is 0. The van der Waals surface area contributed by atoms with Crippen LogP contribution in [-0.2, 0) is 4.74 Å². The van der Waals surface area contributed by atoms with Crippen molar-refractivity contribution < 1.29 is 18.3 Å². The Labute approximate surface area is 73.4 Å². The summed E-state index contributed by atoms with van der Waals surface area (Å²) in [4.78, 5) is 14.6. The van der Waals surface area contributed by atoms with E-state index in [0.29, 0.717) is 0 Å². The topological polar surface area (TPSA) is 39.2 Å². The first kappa shape index (κ1) is 9.57. The van der Waals surface area contributed by atoms with Crippen LogP contribution in [0.1, 0.15) is 10.5 Å². The van der Waals surface area contributed by atoms with Crippen LogP contribution in [0.5, 0.6) is 0 Å². The summed E-state index contributed by atoms with van der Waals surface area (Å²) in [6.07, 6.45) is -1.26. The molecule has 0 aliphatic heterocycles. The molecule has 0 aliphatic carbocycles. The van der Waals surface area contributed by atoms with Crippen LogP contribution in [0.4, 0.5) is 8.78 Å². The number of rotatable bonds is 3. The zero-order valence-electron chi connectivity index (χ0n) is 6.61. The first-order chi connectivity index (χ1) is 6.20. The van der Waals surface area contributed by atoms with Gasteiger partial charge in [0.05, 0.1) is 0 Å². The molecule has 0 saturated heterocycles. The summed E-state index contributed by atoms with van der Waals surface area (Å²) in [5, 5.41) is 0. The first-order valence-electron chi connectivity index (χ1n) is 3.56. The molecule has 0 spiro atoms. The number of hydrogen-bond donors (Lipinski definition) is 0. The number of halogens is 2. The van der Waals surface area contributed by atoms with Crippen molar-refractivity contribution in [2.24, 2.45) is 0 Å². The second-order valence-corrected chi connectivity index (χ2v) is 2.20. The van der Waals surface area contributed by atoms with Crippen molar-refractivity contribution in [2.75, 3.05) is 6.61 Å². The molecule has 1 rings (SSSR count). The highest BCUT2D eigenvalue weighted by Gasteiger charge is 2.10. The van der Waals surface area contributed by atoms with Gasteiger partial charge in [0.25, 0.3) is 6.43 Å². The number of ether oxygens (including phenoxy) is 1. The van der Waals surface area contributed by atoms with E-state index in [1.165, 1.54) is 12.3 Å². The number of hydrogen-bond acceptors (Lipinski definition) is 3. The zero-order valence-corrected chi connectivity index (χ0v) is 6.61. The van der Waals surface area contributed by atoms with Crippen LogP contribution in [0.2, 0.25) is 0 Å². The van der Waals surface area contributed by atoms with E-state index in [4.69, 9.17) is 0 Å². The predicted molar refractivity (Wildman–Crippen MR) is 40.5 cm³/mol. The molecular weight excluding hydrogens is 180 g/mol. The molecule has 1 aromatic rings. The maximum atomic E-state index is 11.6. The molecule has 13 heavy (non-hydrogen) atoms. The van der Waals surface area contributed by atoms with Gasteiger partial charge in [-0.15, -0.1) is 0 Å². The van der Waals surface area contributed by atoms with Crippen molar-refractivity contribution in [1.82, 2.24) is 4.98 Å². The molecule has 0 aromatic carbocycles. The first-order valence-corrected chi connectivity index (χ1v) is 3.56. The van der Waals surface area contributed by atoms with Gasteiger partial charge in [-0.05, 0) is 12.1 Å². The molecule has 0 N–H and O–H groups in total. The van der Waals surface area contributed by atoms with E-state index in [1.807, 2.05) is 0 Å². The molecular formula is C8H7F2NO2. The van der Waals surface area contributed by atoms with E-state index in [9.17, 15) is 13.6 Å². The van der Waals surface area contributed by atoms with Crippen LogP contribution in [0.15, 0.2) is 24.4 Å². The highest BCUT2D eigenvalue weighted by molar-refractivity contribution is 5.87. The maximum absolute atomic E-state index is 11.6. The smallest absolute Gasteiger partial charge is 0.357 e. The van der Waals surface area contributed by atoms with Gasteiger partial charge in [-0.3, -0.25) is 0 Å². The lowest BCUT2D eigenvalue weighted by Gasteiger charge is -2.01. The van der Waals surface area contributed by atoms with Crippen molar-refractivity contribution in [3.63, 3.8) is 0 Å². The molecule has 0 bridgehead atoms. The minimum Gasteiger partial charge on any atom is -0.455 e. The predicted octanol–water partition coefficient (Wildman–Crippen LogP) is 1.50. The summed E-state index contributed by atoms with van der Waals surface area (Å²) < 4.78 is 27.5. The van der Waals surface area contributed by atoms with Gasteiger partial charge in [0.2, 0.25) is 0 Å². The van der Waals surface area contributed by atoms with Gasteiger partial charge in [0.1, 0.15) is 5.69 Å². The van der Waals surface area contributed by atoms with E-state index in [1.54, 1.807) is 12.1 Å². The Morgan fingerprint density at radius 3 is 2.85 bits per heavy atom. The van der Waals surface area contributed by atoms with E-state index in [0.717, 1.165) is 0 Å². The summed E-state index contributed by atoms with van der Waals surface area (Å²) in [5.41, 5.74) is 0.0307. The average molecular weight is 187 g/mol. The third-order valence-corrected chi connectivity index (χ3v) is 1.21. The molecule has 0 unspecified atom stereocenters. The minimum absolute atomic E-state index is 0.0307. The standard InChI is InChI=1S/C8H7F2NO2/c9-7(10)5-13-8(12)6-3-1-2-4-11-6/h1-4,7H,5H2. The monoisotopic (exact) mass is 187 g/mol. The fourth-order valence-electron chi connectivity index (χ4n) is 0.696. The van der Waals surface area contributed by atoms with Crippen molar-refractivity contribution in [3.8, 4) is 0 Å². The van der Waals surface area contributed by atoms with Crippen LogP contribution in [0.25, 0.3) is 0 Å². The Balaban J connectivity index is 2.50. The lowest BCUT2D eigenvalue weighted by atomic mass is 10.4. The van der Waals surface area contributed by atoms with Crippen molar-refractivity contribution in [2.45, 2.75) is 6.43 Å². The van der Waals surface area contributed by atoms with E-state index >= 15 is 0 Å². The summed E-state index contributed by atoms with van der Waals surface area (Å²) in [7, 11) is 0.